The highest BCUT2D eigenvalue weighted by atomic mass is 15.2. The summed E-state index contributed by atoms with van der Waals surface area (Å²) in [5.41, 5.74) is 2.55. The Kier molecular flexibility index (Phi) is 2.88. The van der Waals surface area contributed by atoms with Crippen molar-refractivity contribution in [1.29, 1.82) is 0 Å². The van der Waals surface area contributed by atoms with Crippen molar-refractivity contribution in [1.82, 2.24) is 24.7 Å². The summed E-state index contributed by atoms with van der Waals surface area (Å²) >= 11 is 0. The van der Waals surface area contributed by atoms with Gasteiger partial charge in [0.2, 0.25) is 0 Å². The minimum Gasteiger partial charge on any atom is -0.290 e. The topological polar surface area (TPSA) is 56.5 Å². The van der Waals surface area contributed by atoms with Gasteiger partial charge in [0.05, 0.1) is 17.9 Å². The highest BCUT2D eigenvalue weighted by Gasteiger charge is 2.19. The average molecular weight is 429 g/mol. The van der Waals surface area contributed by atoms with Gasteiger partial charge in [0, 0.05) is 28.7 Å². The van der Waals surface area contributed by atoms with Crippen LogP contribution in [0.5, 0.6) is 0 Å². The molecule has 0 spiro atoms. The van der Waals surface area contributed by atoms with E-state index in [-0.39, 0.29) is 23.3 Å². The molecule has 5 nitrogen and oxygen atoms in total. The van der Waals surface area contributed by atoms with Gasteiger partial charge in [-0.1, -0.05) is 72.7 Å². The molecule has 0 saturated carbocycles. The first-order valence-electron chi connectivity index (χ1n) is 12.9. The van der Waals surface area contributed by atoms with Crippen molar-refractivity contribution >= 4 is 43.6 Å². The summed E-state index contributed by atoms with van der Waals surface area (Å²) in [6.07, 6.45) is 3.04. The molecule has 0 unspecified atom stereocenters. The van der Waals surface area contributed by atoms with Crippen LogP contribution >= 0.6 is 0 Å². The Morgan fingerprint density at radius 2 is 1.39 bits per heavy atom. The van der Waals surface area contributed by atoms with E-state index in [1.54, 1.807) is 6.20 Å². The fourth-order valence-electron chi connectivity index (χ4n) is 4.44. The van der Waals surface area contributed by atoms with Crippen LogP contribution in [0.2, 0.25) is 0 Å². The zero-order chi connectivity index (χ0) is 26.1. The smallest absolute Gasteiger partial charge is 0.188 e. The van der Waals surface area contributed by atoms with E-state index in [2.05, 4.69) is 50.5 Å². The third-order valence-corrected chi connectivity index (χ3v) is 5.87. The van der Waals surface area contributed by atoms with Crippen LogP contribution in [0.4, 0.5) is 0 Å². The highest BCUT2D eigenvalue weighted by molar-refractivity contribution is 6.14. The normalized spacial score (nSPS) is 13.8. The molecule has 3 heterocycles. The molecule has 0 atom stereocenters. The van der Waals surface area contributed by atoms with Gasteiger partial charge in [-0.15, -0.1) is 10.2 Å². The summed E-state index contributed by atoms with van der Waals surface area (Å²) < 4.78 is 43.0. The molecule has 5 heteroatoms. The lowest BCUT2D eigenvalue weighted by Gasteiger charge is -2.11. The Labute approximate surface area is 196 Å². The summed E-state index contributed by atoms with van der Waals surface area (Å²) in [6.45, 7) is 0. The standard InChI is InChI=1S/C28H17N5/c1-2-8-18(9-3-1)25-26-27(30-15-14-29-26)28(32-31-25)33-23-13-7-6-12-21(23)22-16-19-10-4-5-11-20(19)17-24(22)33/h1-17H/i1D,2D,3D,8D,9D. The Morgan fingerprint density at radius 3 is 2.24 bits per heavy atom. The van der Waals surface area contributed by atoms with Crippen molar-refractivity contribution < 1.29 is 6.85 Å². The summed E-state index contributed by atoms with van der Waals surface area (Å²) in [5.74, 6) is 0.436. The first kappa shape index (κ1) is 13.7. The number of rotatable bonds is 2. The lowest BCUT2D eigenvalue weighted by atomic mass is 10.1. The third-order valence-electron chi connectivity index (χ3n) is 5.87. The lowest BCUT2D eigenvalue weighted by molar-refractivity contribution is 0.965. The van der Waals surface area contributed by atoms with E-state index in [1.807, 2.05) is 34.9 Å². The van der Waals surface area contributed by atoms with Gasteiger partial charge in [-0.25, -0.2) is 4.98 Å². The Balaban J connectivity index is 1.60. The van der Waals surface area contributed by atoms with E-state index < -0.39 is 18.1 Å². The number of aromatic nitrogens is 5. The third kappa shape index (κ3) is 2.66. The van der Waals surface area contributed by atoms with E-state index >= 15 is 0 Å². The highest BCUT2D eigenvalue weighted by Crippen LogP contribution is 2.36. The fraction of sp³-hybridized carbons (Fsp3) is 0. The van der Waals surface area contributed by atoms with Gasteiger partial charge in [-0.05, 0) is 29.0 Å². The molecule has 0 amide bonds. The molecule has 0 aliphatic heterocycles. The largest absolute Gasteiger partial charge is 0.290 e. The van der Waals surface area contributed by atoms with Gasteiger partial charge in [0.25, 0.3) is 0 Å². The molecule has 0 radical (unpaired) electrons. The SMILES string of the molecule is [2H]c1c([2H])c([2H])c(-c2nnc(-n3c4ccccc4c4cc5ccccc5cc43)c3nccnc23)c([2H])c1[2H]. The number of nitrogens with zero attached hydrogens (tertiary/aromatic N) is 5. The Morgan fingerprint density at radius 1 is 0.667 bits per heavy atom. The predicted octanol–water partition coefficient (Wildman–Crippen LogP) is 6.34. The minimum absolute atomic E-state index is 0.0613. The minimum atomic E-state index is -0.471. The number of hydrogen-bond donors (Lipinski definition) is 0. The molecule has 7 rings (SSSR count). The zero-order valence-electron chi connectivity index (χ0n) is 22.2. The molecule has 0 fully saturated rings. The maximum Gasteiger partial charge on any atom is 0.188 e. The van der Waals surface area contributed by atoms with Crippen molar-refractivity contribution in [2.24, 2.45) is 0 Å². The molecule has 0 aliphatic carbocycles. The molecule has 154 valence electrons. The number of hydrogen-bond acceptors (Lipinski definition) is 4. The summed E-state index contributed by atoms with van der Waals surface area (Å²) in [6, 6.07) is 18.3. The zero-order valence-corrected chi connectivity index (χ0v) is 17.2. The molecular weight excluding hydrogens is 406 g/mol. The second-order valence-corrected chi connectivity index (χ2v) is 7.69. The van der Waals surface area contributed by atoms with Gasteiger partial charge in [-0.3, -0.25) is 9.55 Å². The molecule has 0 saturated heterocycles. The molecule has 7 aromatic rings. The van der Waals surface area contributed by atoms with Crippen molar-refractivity contribution in [2.75, 3.05) is 0 Å². The molecule has 0 aliphatic rings. The first-order chi connectivity index (χ1) is 18.5. The van der Waals surface area contributed by atoms with Crippen LogP contribution in [0.25, 0.3) is 60.7 Å². The van der Waals surface area contributed by atoms with Crippen LogP contribution in [0.3, 0.4) is 0 Å². The summed E-state index contributed by atoms with van der Waals surface area (Å²) in [4.78, 5) is 9.07. The van der Waals surface area contributed by atoms with Crippen LogP contribution in [0, 0.1) is 0 Å². The van der Waals surface area contributed by atoms with Gasteiger partial charge in [0.15, 0.2) is 5.82 Å². The Hall–Kier alpha value is -4.64. The quantitative estimate of drug-likeness (QED) is 0.322. The molecule has 33 heavy (non-hydrogen) atoms. The van der Waals surface area contributed by atoms with Crippen LogP contribution in [0.15, 0.2) is 103 Å². The first-order valence-corrected chi connectivity index (χ1v) is 10.4. The van der Waals surface area contributed by atoms with E-state index in [9.17, 15) is 0 Å². The summed E-state index contributed by atoms with van der Waals surface area (Å²) in [5, 5.41) is 13.2. The maximum absolute atomic E-state index is 8.44. The van der Waals surface area contributed by atoms with Crippen LogP contribution < -0.4 is 0 Å². The van der Waals surface area contributed by atoms with Crippen LogP contribution in [-0.2, 0) is 0 Å². The van der Waals surface area contributed by atoms with Crippen molar-refractivity contribution in [3.8, 4) is 17.1 Å². The van der Waals surface area contributed by atoms with Gasteiger partial charge in [-0.2, -0.15) is 0 Å². The van der Waals surface area contributed by atoms with Crippen molar-refractivity contribution in [3.63, 3.8) is 0 Å². The molecule has 0 N–H and O–H groups in total. The van der Waals surface area contributed by atoms with E-state index in [1.165, 1.54) is 6.20 Å². The van der Waals surface area contributed by atoms with Crippen molar-refractivity contribution in [2.45, 2.75) is 0 Å². The monoisotopic (exact) mass is 428 g/mol. The molecule has 0 bridgehead atoms. The number of para-hydroxylation sites is 1. The predicted molar refractivity (Wildman–Crippen MR) is 132 cm³/mol. The van der Waals surface area contributed by atoms with Crippen LogP contribution in [-0.4, -0.2) is 24.7 Å². The Bertz CT molecular complexity index is 2080. The second-order valence-electron chi connectivity index (χ2n) is 7.69. The second kappa shape index (κ2) is 6.93. The van der Waals surface area contributed by atoms with Gasteiger partial charge in [0.1, 0.15) is 16.7 Å². The maximum atomic E-state index is 8.44. The average Bonchev–Trinajstić information content (AvgIpc) is 3.27. The van der Waals surface area contributed by atoms with Gasteiger partial charge >= 0.3 is 0 Å². The van der Waals surface area contributed by atoms with E-state index in [4.69, 9.17) is 6.85 Å². The number of benzene rings is 4. The molecule has 3 aromatic heterocycles. The van der Waals surface area contributed by atoms with Crippen LogP contribution in [0.1, 0.15) is 6.85 Å². The van der Waals surface area contributed by atoms with E-state index in [0.29, 0.717) is 16.9 Å². The van der Waals surface area contributed by atoms with Crippen molar-refractivity contribution in [3.05, 3.63) is 103 Å². The fourth-order valence-corrected chi connectivity index (χ4v) is 4.44. The van der Waals surface area contributed by atoms with Gasteiger partial charge < -0.3 is 0 Å². The molecular formula is C28H17N5. The lowest BCUT2D eigenvalue weighted by Crippen LogP contribution is -2.04. The van der Waals surface area contributed by atoms with E-state index in [0.717, 1.165) is 32.6 Å². The molecule has 4 aromatic carbocycles. The number of fused-ring (bicyclic) bond motifs is 5. The summed E-state index contributed by atoms with van der Waals surface area (Å²) in [7, 11) is 0.